The Bertz CT molecular complexity index is 653. The molecule has 1 saturated carbocycles. The third-order valence-electron chi connectivity index (χ3n) is 5.65. The summed E-state index contributed by atoms with van der Waals surface area (Å²) in [7, 11) is 0. The molecule has 0 radical (unpaired) electrons. The van der Waals surface area contributed by atoms with Crippen LogP contribution < -0.4 is 5.32 Å². The van der Waals surface area contributed by atoms with Crippen molar-refractivity contribution in [2.45, 2.75) is 70.0 Å². The highest BCUT2D eigenvalue weighted by molar-refractivity contribution is 5.17. The van der Waals surface area contributed by atoms with Crippen molar-refractivity contribution in [1.29, 1.82) is 0 Å². The van der Waals surface area contributed by atoms with Gasteiger partial charge in [-0.3, -0.25) is 4.90 Å². The van der Waals surface area contributed by atoms with Crippen LogP contribution in [0.2, 0.25) is 0 Å². The fourth-order valence-corrected chi connectivity index (χ4v) is 4.01. The number of nitrogens with zero attached hydrogens (tertiary/aromatic N) is 1. The van der Waals surface area contributed by atoms with Gasteiger partial charge >= 0.3 is 6.18 Å². The zero-order valence-electron chi connectivity index (χ0n) is 16.3. The molecule has 1 aliphatic rings. The molecule has 1 aliphatic carbocycles. The van der Waals surface area contributed by atoms with Crippen LogP contribution in [0.1, 0.15) is 43.7 Å². The predicted octanol–water partition coefficient (Wildman–Crippen LogP) is 5.54. The summed E-state index contributed by atoms with van der Waals surface area (Å²) in [5.74, 6) is 0. The van der Waals surface area contributed by atoms with Crippen molar-refractivity contribution in [3.8, 4) is 0 Å². The number of benzene rings is 2. The molecular weight excluding hydrogens is 361 g/mol. The highest BCUT2D eigenvalue weighted by Crippen LogP contribution is 2.28. The van der Waals surface area contributed by atoms with E-state index in [4.69, 9.17) is 0 Å². The van der Waals surface area contributed by atoms with E-state index >= 15 is 0 Å². The van der Waals surface area contributed by atoms with Gasteiger partial charge in [-0.05, 0) is 43.7 Å². The Balaban J connectivity index is 1.62. The summed E-state index contributed by atoms with van der Waals surface area (Å²) in [5.41, 5.74) is 2.54. The third kappa shape index (κ3) is 6.08. The highest BCUT2D eigenvalue weighted by atomic mass is 19.4. The Morgan fingerprint density at radius 3 is 1.75 bits per heavy atom. The monoisotopic (exact) mass is 390 g/mol. The fraction of sp³-hybridized carbons (Fsp3) is 0.478. The molecule has 2 aromatic carbocycles. The highest BCUT2D eigenvalue weighted by Gasteiger charge is 2.38. The van der Waals surface area contributed by atoms with E-state index in [9.17, 15) is 13.2 Å². The maximum atomic E-state index is 12.8. The summed E-state index contributed by atoms with van der Waals surface area (Å²) >= 11 is 0. The van der Waals surface area contributed by atoms with Crippen LogP contribution >= 0.6 is 0 Å². The summed E-state index contributed by atoms with van der Waals surface area (Å²) in [6.45, 7) is 2.93. The van der Waals surface area contributed by atoms with Crippen LogP contribution in [-0.2, 0) is 13.1 Å². The molecule has 152 valence electrons. The number of nitrogens with one attached hydrogen (secondary N) is 1. The molecule has 1 atom stereocenters. The smallest absolute Gasteiger partial charge is 0.304 e. The maximum absolute atomic E-state index is 12.8. The molecule has 1 N–H and O–H groups in total. The molecule has 0 spiro atoms. The lowest BCUT2D eigenvalue weighted by molar-refractivity contribution is -0.154. The van der Waals surface area contributed by atoms with Crippen molar-refractivity contribution >= 4 is 0 Å². The van der Waals surface area contributed by atoms with Crippen molar-refractivity contribution in [1.82, 2.24) is 10.2 Å². The minimum Gasteiger partial charge on any atom is -0.304 e. The molecule has 0 bridgehead atoms. The summed E-state index contributed by atoms with van der Waals surface area (Å²) in [4.78, 5) is 2.48. The molecule has 1 fully saturated rings. The molecular formula is C23H29F3N2. The Labute approximate surface area is 165 Å². The third-order valence-corrected chi connectivity index (χ3v) is 5.65. The first-order valence-corrected chi connectivity index (χ1v) is 10.1. The van der Waals surface area contributed by atoms with E-state index in [1.807, 2.05) is 12.1 Å². The van der Waals surface area contributed by atoms with Gasteiger partial charge in [0.25, 0.3) is 0 Å². The molecule has 0 heterocycles. The average Bonchev–Trinajstić information content (AvgIpc) is 2.69. The van der Waals surface area contributed by atoms with Crippen molar-refractivity contribution in [3.05, 3.63) is 71.8 Å². The summed E-state index contributed by atoms with van der Waals surface area (Å²) in [5, 5.41) is 2.77. The fourth-order valence-electron chi connectivity index (χ4n) is 4.01. The van der Waals surface area contributed by atoms with Crippen LogP contribution in [0.4, 0.5) is 13.2 Å². The van der Waals surface area contributed by atoms with E-state index in [1.165, 1.54) is 18.1 Å². The Morgan fingerprint density at radius 1 is 0.857 bits per heavy atom. The van der Waals surface area contributed by atoms with E-state index in [2.05, 4.69) is 58.7 Å². The second-order valence-corrected chi connectivity index (χ2v) is 7.81. The first-order chi connectivity index (χ1) is 13.4. The van der Waals surface area contributed by atoms with E-state index in [1.54, 1.807) is 0 Å². The maximum Gasteiger partial charge on any atom is 0.403 e. The normalized spacial score (nSPS) is 21.6. The predicted molar refractivity (Wildman–Crippen MR) is 107 cm³/mol. The lowest BCUT2D eigenvalue weighted by atomic mass is 9.89. The van der Waals surface area contributed by atoms with Gasteiger partial charge in [-0.2, -0.15) is 13.2 Å². The molecule has 2 nitrogen and oxygen atoms in total. The van der Waals surface area contributed by atoms with Crippen LogP contribution in [0.5, 0.6) is 0 Å². The number of halogens is 3. The molecule has 0 aromatic heterocycles. The number of rotatable bonds is 7. The van der Waals surface area contributed by atoms with Gasteiger partial charge < -0.3 is 5.32 Å². The van der Waals surface area contributed by atoms with Gasteiger partial charge in [0, 0.05) is 25.2 Å². The standard InChI is InChI=1S/C23H29F3N2/c1-18(23(24,25)26)27-21-12-14-22(15-13-21)28(16-19-8-4-2-5-9-19)17-20-10-6-3-7-11-20/h2-11,18,21-22,27H,12-17H2,1H3/t18-,21?,22?/m0/s1. The van der Waals surface area contributed by atoms with Crippen LogP contribution in [0.25, 0.3) is 0 Å². The summed E-state index contributed by atoms with van der Waals surface area (Å²) in [6, 6.07) is 19.7. The van der Waals surface area contributed by atoms with E-state index in [0.717, 1.165) is 38.8 Å². The zero-order chi connectivity index (χ0) is 20.0. The first-order valence-electron chi connectivity index (χ1n) is 10.1. The number of alkyl halides is 3. The number of hydrogen-bond acceptors (Lipinski definition) is 2. The van der Waals surface area contributed by atoms with Gasteiger partial charge in [-0.1, -0.05) is 60.7 Å². The van der Waals surface area contributed by atoms with E-state index < -0.39 is 12.2 Å². The van der Waals surface area contributed by atoms with Crippen molar-refractivity contribution in [2.75, 3.05) is 0 Å². The quantitative estimate of drug-likeness (QED) is 0.668. The first kappa shape index (κ1) is 20.9. The summed E-state index contributed by atoms with van der Waals surface area (Å²) < 4.78 is 38.5. The molecule has 0 amide bonds. The second kappa shape index (κ2) is 9.57. The van der Waals surface area contributed by atoms with Crippen LogP contribution in [0.3, 0.4) is 0 Å². The molecule has 5 heteroatoms. The Morgan fingerprint density at radius 2 is 1.32 bits per heavy atom. The number of hydrogen-bond donors (Lipinski definition) is 1. The second-order valence-electron chi connectivity index (χ2n) is 7.81. The van der Waals surface area contributed by atoms with Gasteiger partial charge in [-0.15, -0.1) is 0 Å². The largest absolute Gasteiger partial charge is 0.403 e. The zero-order valence-corrected chi connectivity index (χ0v) is 16.3. The van der Waals surface area contributed by atoms with Crippen molar-refractivity contribution < 1.29 is 13.2 Å². The molecule has 2 aromatic rings. The Hall–Kier alpha value is -1.85. The average molecular weight is 390 g/mol. The molecule has 3 rings (SSSR count). The molecule has 28 heavy (non-hydrogen) atoms. The molecule has 0 aliphatic heterocycles. The summed E-state index contributed by atoms with van der Waals surface area (Å²) in [6.07, 6.45) is -0.774. The van der Waals surface area contributed by atoms with Gasteiger partial charge in [0.2, 0.25) is 0 Å². The molecule has 0 unspecified atom stereocenters. The van der Waals surface area contributed by atoms with Gasteiger partial charge in [0.15, 0.2) is 0 Å². The van der Waals surface area contributed by atoms with Crippen LogP contribution in [0, 0.1) is 0 Å². The lowest BCUT2D eigenvalue weighted by Crippen LogP contribution is -2.48. The minimum atomic E-state index is -4.18. The van der Waals surface area contributed by atoms with Gasteiger partial charge in [0.1, 0.15) is 6.04 Å². The van der Waals surface area contributed by atoms with Gasteiger partial charge in [-0.25, -0.2) is 0 Å². The van der Waals surface area contributed by atoms with E-state index in [0.29, 0.717) is 6.04 Å². The van der Waals surface area contributed by atoms with Crippen molar-refractivity contribution in [2.24, 2.45) is 0 Å². The van der Waals surface area contributed by atoms with Gasteiger partial charge in [0.05, 0.1) is 0 Å². The lowest BCUT2D eigenvalue weighted by Gasteiger charge is -2.38. The topological polar surface area (TPSA) is 15.3 Å². The minimum absolute atomic E-state index is 0.0526. The van der Waals surface area contributed by atoms with Crippen molar-refractivity contribution in [3.63, 3.8) is 0 Å². The Kier molecular flexibility index (Phi) is 7.13. The van der Waals surface area contributed by atoms with Crippen LogP contribution in [-0.4, -0.2) is 29.2 Å². The van der Waals surface area contributed by atoms with E-state index in [-0.39, 0.29) is 6.04 Å². The molecule has 0 saturated heterocycles. The SMILES string of the molecule is C[C@H](NC1CCC(N(Cc2ccccc2)Cc2ccccc2)CC1)C(F)(F)F. The van der Waals surface area contributed by atoms with Crippen LogP contribution in [0.15, 0.2) is 60.7 Å².